The number of aromatic nitrogens is 2. The Kier molecular flexibility index (Phi) is 4.99. The SMILES string of the molecule is CCc1cc(=O)[nH]c(-c2cccc(NC(=O)C3(N)CCCCC3)c2)n1. The van der Waals surface area contributed by atoms with Gasteiger partial charge in [-0.2, -0.15) is 0 Å². The minimum absolute atomic E-state index is 0.145. The summed E-state index contributed by atoms with van der Waals surface area (Å²) in [5, 5.41) is 2.92. The summed E-state index contributed by atoms with van der Waals surface area (Å²) < 4.78 is 0. The maximum atomic E-state index is 12.6. The molecule has 0 aliphatic heterocycles. The van der Waals surface area contributed by atoms with Crippen LogP contribution >= 0.6 is 0 Å². The second-order valence-electron chi connectivity index (χ2n) is 6.69. The van der Waals surface area contributed by atoms with E-state index in [9.17, 15) is 9.59 Å². The van der Waals surface area contributed by atoms with Gasteiger partial charge in [0.15, 0.2) is 0 Å². The molecule has 1 aliphatic rings. The van der Waals surface area contributed by atoms with Crippen LogP contribution in [-0.2, 0) is 11.2 Å². The first kappa shape index (κ1) is 17.4. The van der Waals surface area contributed by atoms with E-state index in [1.54, 1.807) is 0 Å². The lowest BCUT2D eigenvalue weighted by Crippen LogP contribution is -2.52. The summed E-state index contributed by atoms with van der Waals surface area (Å²) in [5.74, 6) is 0.355. The van der Waals surface area contributed by atoms with Gasteiger partial charge in [-0.1, -0.05) is 38.3 Å². The van der Waals surface area contributed by atoms with Gasteiger partial charge in [0.1, 0.15) is 5.82 Å². The molecule has 1 heterocycles. The molecule has 6 heteroatoms. The number of anilines is 1. The van der Waals surface area contributed by atoms with Crippen molar-refractivity contribution in [3.63, 3.8) is 0 Å². The molecule has 132 valence electrons. The number of nitrogens with two attached hydrogens (primary N) is 1. The van der Waals surface area contributed by atoms with Crippen LogP contribution in [0, 0.1) is 0 Å². The molecule has 6 nitrogen and oxygen atoms in total. The number of H-pyrrole nitrogens is 1. The predicted octanol–water partition coefficient (Wildman–Crippen LogP) is 2.60. The molecular formula is C19H24N4O2. The zero-order valence-electron chi connectivity index (χ0n) is 14.5. The lowest BCUT2D eigenvalue weighted by atomic mass is 9.82. The minimum atomic E-state index is -0.789. The van der Waals surface area contributed by atoms with Gasteiger partial charge in [-0.15, -0.1) is 0 Å². The molecule has 0 atom stereocenters. The third kappa shape index (κ3) is 3.96. The van der Waals surface area contributed by atoms with Gasteiger partial charge in [0.25, 0.3) is 5.56 Å². The van der Waals surface area contributed by atoms with Crippen LogP contribution in [0.15, 0.2) is 35.1 Å². The van der Waals surface area contributed by atoms with Gasteiger partial charge in [-0.05, 0) is 31.4 Å². The molecule has 3 rings (SSSR count). The Labute approximate surface area is 146 Å². The van der Waals surface area contributed by atoms with Gasteiger partial charge < -0.3 is 16.0 Å². The standard InChI is InChI=1S/C19H24N4O2/c1-2-14-12-16(24)23-17(21-14)13-7-6-8-15(11-13)22-18(25)19(20)9-4-3-5-10-19/h6-8,11-12H,2-5,9-10,20H2,1H3,(H,22,25)(H,21,23,24). The highest BCUT2D eigenvalue weighted by Crippen LogP contribution is 2.28. The summed E-state index contributed by atoms with van der Waals surface area (Å²) in [6, 6.07) is 8.80. The number of benzene rings is 1. The van der Waals surface area contributed by atoms with Gasteiger partial charge in [-0.3, -0.25) is 9.59 Å². The highest BCUT2D eigenvalue weighted by atomic mass is 16.2. The van der Waals surface area contributed by atoms with Crippen molar-refractivity contribution in [2.24, 2.45) is 5.73 Å². The Balaban J connectivity index is 1.83. The van der Waals surface area contributed by atoms with E-state index in [1.807, 2.05) is 31.2 Å². The van der Waals surface area contributed by atoms with E-state index in [0.717, 1.165) is 30.5 Å². The predicted molar refractivity (Wildman–Crippen MR) is 98.3 cm³/mol. The average Bonchev–Trinajstić information content (AvgIpc) is 2.62. The lowest BCUT2D eigenvalue weighted by molar-refractivity contribution is -0.122. The second kappa shape index (κ2) is 7.19. The molecule has 0 unspecified atom stereocenters. The first-order chi connectivity index (χ1) is 12.0. The molecule has 2 aromatic rings. The van der Waals surface area contributed by atoms with Crippen LogP contribution in [0.1, 0.15) is 44.7 Å². The van der Waals surface area contributed by atoms with Crippen molar-refractivity contribution in [3.8, 4) is 11.4 Å². The fourth-order valence-electron chi connectivity index (χ4n) is 3.24. The fourth-order valence-corrected chi connectivity index (χ4v) is 3.24. The van der Waals surface area contributed by atoms with Gasteiger partial charge in [0.05, 0.1) is 5.54 Å². The summed E-state index contributed by atoms with van der Waals surface area (Å²) >= 11 is 0. The number of amides is 1. The Hall–Kier alpha value is -2.47. The molecule has 1 aromatic heterocycles. The number of rotatable bonds is 4. The van der Waals surface area contributed by atoms with Crippen LogP contribution in [0.3, 0.4) is 0 Å². The van der Waals surface area contributed by atoms with Crippen molar-refractivity contribution in [1.29, 1.82) is 0 Å². The molecule has 0 radical (unpaired) electrons. The van der Waals surface area contributed by atoms with Crippen molar-refractivity contribution >= 4 is 11.6 Å². The Morgan fingerprint density at radius 2 is 2.04 bits per heavy atom. The maximum absolute atomic E-state index is 12.6. The summed E-state index contributed by atoms with van der Waals surface area (Å²) in [4.78, 5) is 31.6. The smallest absolute Gasteiger partial charge is 0.251 e. The highest BCUT2D eigenvalue weighted by Gasteiger charge is 2.35. The van der Waals surface area contributed by atoms with Gasteiger partial charge >= 0.3 is 0 Å². The van der Waals surface area contributed by atoms with Gasteiger partial charge in [0, 0.05) is 23.0 Å². The highest BCUT2D eigenvalue weighted by molar-refractivity contribution is 5.98. The van der Waals surface area contributed by atoms with Crippen molar-refractivity contribution < 1.29 is 4.79 Å². The molecule has 25 heavy (non-hydrogen) atoms. The first-order valence-electron chi connectivity index (χ1n) is 8.81. The topological polar surface area (TPSA) is 101 Å². The first-order valence-corrected chi connectivity index (χ1v) is 8.81. The number of hydrogen-bond donors (Lipinski definition) is 3. The van der Waals surface area contributed by atoms with E-state index in [0.29, 0.717) is 30.8 Å². The van der Waals surface area contributed by atoms with Crippen LogP contribution in [0.25, 0.3) is 11.4 Å². The van der Waals surface area contributed by atoms with Crippen LogP contribution in [0.4, 0.5) is 5.69 Å². The lowest BCUT2D eigenvalue weighted by Gasteiger charge is -2.31. The number of carbonyl (C=O) groups excluding carboxylic acids is 1. The summed E-state index contributed by atoms with van der Waals surface area (Å²) in [5.41, 5.74) is 7.45. The molecule has 1 amide bonds. The van der Waals surface area contributed by atoms with Gasteiger partial charge in [0.2, 0.25) is 5.91 Å². The monoisotopic (exact) mass is 340 g/mol. The third-order valence-electron chi connectivity index (χ3n) is 4.75. The molecule has 0 saturated heterocycles. The van der Waals surface area contributed by atoms with Crippen molar-refractivity contribution in [2.45, 2.75) is 51.0 Å². The number of aryl methyl sites for hydroxylation is 1. The van der Waals surface area contributed by atoms with E-state index < -0.39 is 5.54 Å². The minimum Gasteiger partial charge on any atom is -0.324 e. The van der Waals surface area contributed by atoms with E-state index in [-0.39, 0.29) is 11.5 Å². The average molecular weight is 340 g/mol. The van der Waals surface area contributed by atoms with E-state index in [2.05, 4.69) is 15.3 Å². The largest absolute Gasteiger partial charge is 0.324 e. The second-order valence-corrected chi connectivity index (χ2v) is 6.69. The van der Waals surface area contributed by atoms with Crippen molar-refractivity contribution in [3.05, 3.63) is 46.4 Å². The van der Waals surface area contributed by atoms with E-state index >= 15 is 0 Å². The fraction of sp³-hybridized carbons (Fsp3) is 0.421. The Morgan fingerprint density at radius 1 is 1.28 bits per heavy atom. The van der Waals surface area contributed by atoms with Crippen molar-refractivity contribution in [1.82, 2.24) is 9.97 Å². The third-order valence-corrected chi connectivity index (χ3v) is 4.75. The van der Waals surface area contributed by atoms with Gasteiger partial charge in [-0.25, -0.2) is 4.98 Å². The number of nitrogens with one attached hydrogen (secondary N) is 2. The number of hydrogen-bond acceptors (Lipinski definition) is 4. The summed E-state index contributed by atoms with van der Waals surface area (Å²) in [7, 11) is 0. The number of aromatic amines is 1. The zero-order valence-corrected chi connectivity index (χ0v) is 14.5. The summed E-state index contributed by atoms with van der Waals surface area (Å²) in [6.07, 6.45) is 5.22. The molecule has 4 N–H and O–H groups in total. The van der Waals surface area contributed by atoms with Crippen LogP contribution in [0.5, 0.6) is 0 Å². The Morgan fingerprint density at radius 3 is 2.76 bits per heavy atom. The number of nitrogens with zero attached hydrogens (tertiary/aromatic N) is 1. The van der Waals surface area contributed by atoms with E-state index in [4.69, 9.17) is 5.73 Å². The van der Waals surface area contributed by atoms with Crippen LogP contribution in [0.2, 0.25) is 0 Å². The van der Waals surface area contributed by atoms with Crippen molar-refractivity contribution in [2.75, 3.05) is 5.32 Å². The summed E-state index contributed by atoms with van der Waals surface area (Å²) in [6.45, 7) is 1.95. The molecule has 0 bridgehead atoms. The number of carbonyl (C=O) groups is 1. The molecule has 1 aromatic carbocycles. The molecule has 1 fully saturated rings. The maximum Gasteiger partial charge on any atom is 0.251 e. The van der Waals surface area contributed by atoms with Crippen LogP contribution < -0.4 is 16.6 Å². The van der Waals surface area contributed by atoms with E-state index in [1.165, 1.54) is 6.07 Å². The zero-order chi connectivity index (χ0) is 17.9. The Bertz CT molecular complexity index is 822. The van der Waals surface area contributed by atoms with Crippen LogP contribution in [-0.4, -0.2) is 21.4 Å². The quantitative estimate of drug-likeness (QED) is 0.796. The normalized spacial score (nSPS) is 16.4. The molecule has 1 aliphatic carbocycles. The molecular weight excluding hydrogens is 316 g/mol. The molecule has 1 saturated carbocycles. The molecule has 0 spiro atoms.